The van der Waals surface area contributed by atoms with Gasteiger partial charge in [0.05, 0.1) is 19.3 Å². The number of piperidine rings is 1. The Labute approximate surface area is 159 Å². The normalized spacial score (nSPS) is 20.6. The van der Waals surface area contributed by atoms with E-state index >= 15 is 0 Å². The fourth-order valence-electron chi connectivity index (χ4n) is 4.25. The van der Waals surface area contributed by atoms with Gasteiger partial charge >= 0.3 is 0 Å². The molecule has 1 unspecified atom stereocenters. The highest BCUT2D eigenvalue weighted by Gasteiger charge is 2.58. The molecule has 8 nitrogen and oxygen atoms in total. The summed E-state index contributed by atoms with van der Waals surface area (Å²) in [6, 6.07) is 0.249. The topological polar surface area (TPSA) is 80.9 Å². The van der Waals surface area contributed by atoms with Gasteiger partial charge in [-0.25, -0.2) is 9.67 Å². The summed E-state index contributed by atoms with van der Waals surface area (Å²) in [5.74, 6) is 0.858. The van der Waals surface area contributed by atoms with Crippen molar-refractivity contribution in [2.75, 3.05) is 13.1 Å². The van der Waals surface area contributed by atoms with Gasteiger partial charge in [0, 0.05) is 25.0 Å². The monoisotopic (exact) mass is 369 g/mol. The first-order valence-electron chi connectivity index (χ1n) is 9.69. The van der Waals surface area contributed by atoms with Crippen LogP contribution in [0.25, 0.3) is 0 Å². The van der Waals surface area contributed by atoms with E-state index in [2.05, 4.69) is 38.7 Å². The summed E-state index contributed by atoms with van der Waals surface area (Å²) in [5, 5.41) is 11.6. The average molecular weight is 369 g/mol. The number of allylic oxidation sites excluding steroid dienone is 1. The molecular weight excluding hydrogens is 342 g/mol. The van der Waals surface area contributed by atoms with E-state index in [0.717, 1.165) is 44.7 Å². The van der Waals surface area contributed by atoms with Crippen LogP contribution >= 0.6 is 0 Å². The molecule has 1 aliphatic carbocycles. The first kappa shape index (κ1) is 17.9. The number of hydrogen-bond acceptors (Lipinski definition) is 5. The number of hydrogen-bond donors (Lipinski definition) is 1. The Bertz CT molecular complexity index is 818. The molecule has 1 aliphatic heterocycles. The number of imidazole rings is 1. The van der Waals surface area contributed by atoms with Gasteiger partial charge in [-0.1, -0.05) is 11.3 Å². The van der Waals surface area contributed by atoms with Crippen LogP contribution in [0.1, 0.15) is 42.5 Å². The highest BCUT2D eigenvalue weighted by atomic mass is 16.2. The zero-order chi connectivity index (χ0) is 18.9. The molecule has 1 spiro atoms. The van der Waals surface area contributed by atoms with E-state index < -0.39 is 0 Å². The molecule has 2 aliphatic rings. The van der Waals surface area contributed by atoms with Crippen LogP contribution in [0.4, 0.5) is 0 Å². The number of aryl methyl sites for hydroxylation is 1. The smallest absolute Gasteiger partial charge is 0.276 e. The van der Waals surface area contributed by atoms with Crippen molar-refractivity contribution in [1.29, 1.82) is 0 Å². The lowest BCUT2D eigenvalue weighted by molar-refractivity contribution is 0.0678. The molecule has 1 saturated carbocycles. The maximum absolute atomic E-state index is 13.3. The minimum Gasteiger partial charge on any atom is -0.334 e. The summed E-state index contributed by atoms with van der Waals surface area (Å²) in [6.45, 7) is 9.74. The molecule has 8 heteroatoms. The second kappa shape index (κ2) is 7.26. The van der Waals surface area contributed by atoms with Gasteiger partial charge < -0.3 is 14.8 Å². The van der Waals surface area contributed by atoms with Gasteiger partial charge in [0.25, 0.3) is 5.91 Å². The molecule has 1 atom stereocenters. The van der Waals surface area contributed by atoms with E-state index in [4.69, 9.17) is 0 Å². The highest BCUT2D eigenvalue weighted by molar-refractivity contribution is 5.92. The molecule has 0 bridgehead atoms. The summed E-state index contributed by atoms with van der Waals surface area (Å²) in [6.07, 6.45) is 10.5. The zero-order valence-corrected chi connectivity index (χ0v) is 15.8. The number of rotatable bonds is 7. The van der Waals surface area contributed by atoms with Crippen molar-refractivity contribution >= 4 is 5.91 Å². The van der Waals surface area contributed by atoms with Crippen LogP contribution in [0.3, 0.4) is 0 Å². The fraction of sp³-hybridized carbons (Fsp3) is 0.579. The van der Waals surface area contributed by atoms with Crippen molar-refractivity contribution in [1.82, 2.24) is 34.8 Å². The third kappa shape index (κ3) is 3.41. The number of carbonyl (C=O) groups is 1. The van der Waals surface area contributed by atoms with Crippen molar-refractivity contribution in [3.8, 4) is 0 Å². The summed E-state index contributed by atoms with van der Waals surface area (Å²) < 4.78 is 3.73. The summed E-state index contributed by atoms with van der Waals surface area (Å²) in [4.78, 5) is 19.8. The van der Waals surface area contributed by atoms with Gasteiger partial charge in [-0.2, -0.15) is 0 Å². The third-order valence-electron chi connectivity index (χ3n) is 5.91. The summed E-state index contributed by atoms with van der Waals surface area (Å²) in [5.41, 5.74) is 0.643. The van der Waals surface area contributed by atoms with Crippen LogP contribution in [0, 0.1) is 5.41 Å². The van der Waals surface area contributed by atoms with Crippen LogP contribution in [-0.4, -0.2) is 54.5 Å². The lowest BCUT2D eigenvalue weighted by atomic mass is 9.93. The van der Waals surface area contributed by atoms with E-state index in [-0.39, 0.29) is 17.4 Å². The van der Waals surface area contributed by atoms with Gasteiger partial charge in [0.15, 0.2) is 5.69 Å². The van der Waals surface area contributed by atoms with Gasteiger partial charge in [-0.05, 0) is 44.7 Å². The van der Waals surface area contributed by atoms with Crippen molar-refractivity contribution < 1.29 is 4.79 Å². The number of amides is 1. The maximum Gasteiger partial charge on any atom is 0.276 e. The molecule has 2 aromatic heterocycles. The van der Waals surface area contributed by atoms with E-state index in [9.17, 15) is 4.79 Å². The molecule has 144 valence electrons. The number of carbonyl (C=O) groups excluding carboxylic acids is 1. The molecule has 2 fully saturated rings. The van der Waals surface area contributed by atoms with Crippen LogP contribution < -0.4 is 5.32 Å². The van der Waals surface area contributed by atoms with E-state index in [1.54, 1.807) is 23.2 Å². The molecule has 2 aromatic rings. The van der Waals surface area contributed by atoms with Gasteiger partial charge in [-0.3, -0.25) is 4.79 Å². The second-order valence-electron chi connectivity index (χ2n) is 7.51. The minimum absolute atomic E-state index is 0.0589. The number of nitrogens with one attached hydrogen (secondary N) is 1. The first-order valence-corrected chi connectivity index (χ1v) is 9.69. The Balaban J connectivity index is 1.59. The molecule has 3 heterocycles. The minimum atomic E-state index is -0.0589. The highest BCUT2D eigenvalue weighted by Crippen LogP contribution is 2.56. The van der Waals surface area contributed by atoms with Gasteiger partial charge in [-0.15, -0.1) is 11.7 Å². The molecular formula is C19H27N7O. The molecule has 4 rings (SSSR count). The standard InChI is InChI=1S/C19H27N7O/c1-3-10-25-13-15(22-23-25)18(27)26(14-17-21-9-11-24(17)4-2)16-12-19(16)5-7-20-8-6-19/h3,9,11,13,16,20H,1,4-8,10,12,14H2,2H3. The Morgan fingerprint density at radius 3 is 3.04 bits per heavy atom. The van der Waals surface area contributed by atoms with Crippen LogP contribution in [0.15, 0.2) is 31.2 Å². The van der Waals surface area contributed by atoms with Gasteiger partial charge in [0.1, 0.15) is 5.82 Å². The van der Waals surface area contributed by atoms with Crippen LogP contribution in [-0.2, 0) is 19.6 Å². The van der Waals surface area contributed by atoms with Crippen molar-refractivity contribution in [2.45, 2.75) is 51.9 Å². The molecule has 0 aromatic carbocycles. The third-order valence-corrected chi connectivity index (χ3v) is 5.91. The molecule has 1 amide bonds. The molecule has 27 heavy (non-hydrogen) atoms. The van der Waals surface area contributed by atoms with Crippen molar-refractivity contribution in [2.24, 2.45) is 5.41 Å². The second-order valence-corrected chi connectivity index (χ2v) is 7.51. The molecule has 1 N–H and O–H groups in total. The Morgan fingerprint density at radius 2 is 2.30 bits per heavy atom. The SMILES string of the molecule is C=CCn1cc(C(=O)N(Cc2nccn2CC)C2CC23CCNCC3)nn1. The first-order chi connectivity index (χ1) is 13.2. The Morgan fingerprint density at radius 1 is 1.48 bits per heavy atom. The van der Waals surface area contributed by atoms with E-state index in [1.165, 1.54) is 0 Å². The number of nitrogens with zero attached hydrogens (tertiary/aromatic N) is 6. The predicted molar refractivity (Wildman–Crippen MR) is 101 cm³/mol. The van der Waals surface area contributed by atoms with Crippen molar-refractivity contribution in [3.05, 3.63) is 42.8 Å². The van der Waals surface area contributed by atoms with Gasteiger partial charge in [0.2, 0.25) is 0 Å². The quantitative estimate of drug-likeness (QED) is 0.748. The zero-order valence-electron chi connectivity index (χ0n) is 15.8. The van der Waals surface area contributed by atoms with E-state index in [0.29, 0.717) is 18.8 Å². The summed E-state index contributed by atoms with van der Waals surface area (Å²) in [7, 11) is 0. The van der Waals surface area contributed by atoms with Crippen LogP contribution in [0.2, 0.25) is 0 Å². The molecule has 0 radical (unpaired) electrons. The molecule has 1 saturated heterocycles. The summed E-state index contributed by atoms with van der Waals surface area (Å²) >= 11 is 0. The Hall–Kier alpha value is -2.48. The predicted octanol–water partition coefficient (Wildman–Crippen LogP) is 1.46. The lowest BCUT2D eigenvalue weighted by Crippen LogP contribution is -2.39. The Kier molecular flexibility index (Phi) is 4.82. The number of aromatic nitrogens is 5. The largest absolute Gasteiger partial charge is 0.334 e. The maximum atomic E-state index is 13.3. The average Bonchev–Trinajstić information content (AvgIpc) is 3.06. The fourth-order valence-corrected chi connectivity index (χ4v) is 4.25. The van der Waals surface area contributed by atoms with E-state index in [1.807, 2.05) is 11.1 Å². The van der Waals surface area contributed by atoms with Crippen molar-refractivity contribution in [3.63, 3.8) is 0 Å². The lowest BCUT2D eigenvalue weighted by Gasteiger charge is -2.29. The van der Waals surface area contributed by atoms with Crippen LogP contribution in [0.5, 0.6) is 0 Å².